The number of aromatic nitrogens is 1. The second-order valence-electron chi connectivity index (χ2n) is 3.39. The van der Waals surface area contributed by atoms with Crippen LogP contribution in [-0.2, 0) is 0 Å². The van der Waals surface area contributed by atoms with E-state index in [1.54, 1.807) is 6.20 Å². The average Bonchev–Trinajstić information content (AvgIpc) is 2.57. The number of hydrogen-bond acceptors (Lipinski definition) is 2. The Labute approximate surface area is 86.4 Å². The van der Waals surface area contributed by atoms with Gasteiger partial charge in [-0.1, -0.05) is 12.1 Å². The van der Waals surface area contributed by atoms with E-state index in [2.05, 4.69) is 4.98 Å². The van der Waals surface area contributed by atoms with Gasteiger partial charge in [-0.3, -0.25) is 10.1 Å². The Kier molecular flexibility index (Phi) is 2.25. The highest BCUT2D eigenvalue weighted by atomic mass is 16.6. The maximum absolute atomic E-state index is 10.2. The van der Waals surface area contributed by atoms with E-state index in [0.717, 1.165) is 28.2 Å². The Morgan fingerprint density at radius 2 is 2.27 bits per heavy atom. The van der Waals surface area contributed by atoms with Crippen LogP contribution >= 0.6 is 0 Å². The predicted molar refractivity (Wildman–Crippen MR) is 59.1 cm³/mol. The molecule has 1 aromatic heterocycles. The number of nitrogens with one attached hydrogen (secondary N) is 1. The second kappa shape index (κ2) is 3.57. The number of H-pyrrole nitrogens is 1. The average molecular weight is 202 g/mol. The summed E-state index contributed by atoms with van der Waals surface area (Å²) in [5.41, 5.74) is 2.99. The second-order valence-corrected chi connectivity index (χ2v) is 3.39. The SMILES string of the molecule is Cc1ccc2c(C=C[N+](=O)[O-])c[nH]c2c1. The molecule has 0 saturated heterocycles. The zero-order valence-electron chi connectivity index (χ0n) is 8.23. The normalized spacial score (nSPS) is 11.3. The quantitative estimate of drug-likeness (QED) is 0.601. The summed E-state index contributed by atoms with van der Waals surface area (Å²) in [7, 11) is 0. The molecule has 15 heavy (non-hydrogen) atoms. The zero-order valence-corrected chi connectivity index (χ0v) is 8.23. The van der Waals surface area contributed by atoms with E-state index in [9.17, 15) is 10.1 Å². The molecule has 0 radical (unpaired) electrons. The third-order valence-corrected chi connectivity index (χ3v) is 2.25. The maximum atomic E-state index is 10.2. The zero-order chi connectivity index (χ0) is 10.8. The fourth-order valence-corrected chi connectivity index (χ4v) is 1.54. The van der Waals surface area contributed by atoms with Crippen LogP contribution in [-0.4, -0.2) is 9.91 Å². The highest BCUT2D eigenvalue weighted by Gasteiger charge is 2.01. The third-order valence-electron chi connectivity index (χ3n) is 2.25. The van der Waals surface area contributed by atoms with Crippen molar-refractivity contribution in [3.05, 3.63) is 51.8 Å². The lowest BCUT2D eigenvalue weighted by Crippen LogP contribution is -1.81. The number of nitro groups is 1. The van der Waals surface area contributed by atoms with E-state index in [0.29, 0.717) is 0 Å². The maximum Gasteiger partial charge on any atom is 0.235 e. The number of aromatic amines is 1. The van der Waals surface area contributed by atoms with E-state index in [-0.39, 0.29) is 0 Å². The minimum atomic E-state index is -0.465. The summed E-state index contributed by atoms with van der Waals surface area (Å²) in [5, 5.41) is 11.2. The summed E-state index contributed by atoms with van der Waals surface area (Å²) in [4.78, 5) is 12.8. The minimum Gasteiger partial charge on any atom is -0.361 e. The number of fused-ring (bicyclic) bond motifs is 1. The fourth-order valence-electron chi connectivity index (χ4n) is 1.54. The number of rotatable bonds is 2. The molecule has 1 aromatic carbocycles. The minimum absolute atomic E-state index is 0.465. The van der Waals surface area contributed by atoms with Gasteiger partial charge >= 0.3 is 0 Å². The molecule has 0 amide bonds. The van der Waals surface area contributed by atoms with Crippen molar-refractivity contribution in [2.24, 2.45) is 0 Å². The Balaban J connectivity index is 2.50. The standard InChI is InChI=1S/C11H10N2O2/c1-8-2-3-10-9(4-5-13(14)15)7-12-11(10)6-8/h2-7,12H,1H3. The van der Waals surface area contributed by atoms with Gasteiger partial charge in [-0.05, 0) is 18.6 Å². The molecular weight excluding hydrogens is 192 g/mol. The van der Waals surface area contributed by atoms with Crippen molar-refractivity contribution < 1.29 is 4.92 Å². The summed E-state index contributed by atoms with van der Waals surface area (Å²) in [5.74, 6) is 0. The molecule has 0 aliphatic rings. The first kappa shape index (κ1) is 9.45. The van der Waals surface area contributed by atoms with Crippen LogP contribution in [0.2, 0.25) is 0 Å². The van der Waals surface area contributed by atoms with Gasteiger partial charge in [0, 0.05) is 28.7 Å². The molecule has 0 saturated carbocycles. The summed E-state index contributed by atoms with van der Waals surface area (Å²) >= 11 is 0. The first-order chi connectivity index (χ1) is 7.16. The van der Waals surface area contributed by atoms with Gasteiger partial charge < -0.3 is 4.98 Å². The van der Waals surface area contributed by atoms with Crippen LogP contribution in [0.3, 0.4) is 0 Å². The molecule has 0 spiro atoms. The van der Waals surface area contributed by atoms with Gasteiger partial charge in [0.25, 0.3) is 0 Å². The van der Waals surface area contributed by atoms with Gasteiger partial charge in [0.05, 0.1) is 4.92 Å². The molecule has 1 N–H and O–H groups in total. The molecular formula is C11H10N2O2. The summed E-state index contributed by atoms with van der Waals surface area (Å²) in [6, 6.07) is 5.96. The van der Waals surface area contributed by atoms with Crippen LogP contribution in [0.4, 0.5) is 0 Å². The molecule has 0 aliphatic carbocycles. The molecule has 2 aromatic rings. The largest absolute Gasteiger partial charge is 0.361 e. The van der Waals surface area contributed by atoms with Crippen LogP contribution < -0.4 is 0 Å². The first-order valence-electron chi connectivity index (χ1n) is 4.56. The monoisotopic (exact) mass is 202 g/mol. The lowest BCUT2D eigenvalue weighted by Gasteiger charge is -1.93. The number of nitrogens with zero attached hydrogens (tertiary/aromatic N) is 1. The van der Waals surface area contributed by atoms with Gasteiger partial charge in [0.1, 0.15) is 0 Å². The fraction of sp³-hybridized carbons (Fsp3) is 0.0909. The van der Waals surface area contributed by atoms with Gasteiger partial charge in [-0.25, -0.2) is 0 Å². The lowest BCUT2D eigenvalue weighted by molar-refractivity contribution is -0.400. The molecule has 0 atom stereocenters. The van der Waals surface area contributed by atoms with E-state index in [1.807, 2.05) is 25.1 Å². The molecule has 0 unspecified atom stereocenters. The first-order valence-corrected chi connectivity index (χ1v) is 4.56. The Hall–Kier alpha value is -2.10. The lowest BCUT2D eigenvalue weighted by atomic mass is 10.1. The molecule has 1 heterocycles. The molecule has 4 heteroatoms. The summed E-state index contributed by atoms with van der Waals surface area (Å²) < 4.78 is 0. The highest BCUT2D eigenvalue weighted by molar-refractivity contribution is 5.89. The van der Waals surface area contributed by atoms with E-state index in [4.69, 9.17) is 0 Å². The van der Waals surface area contributed by atoms with Crippen molar-refractivity contribution in [3.8, 4) is 0 Å². The van der Waals surface area contributed by atoms with Gasteiger partial charge in [-0.15, -0.1) is 0 Å². The van der Waals surface area contributed by atoms with Crippen LogP contribution in [0.25, 0.3) is 17.0 Å². The Morgan fingerprint density at radius 1 is 1.47 bits per heavy atom. The molecule has 4 nitrogen and oxygen atoms in total. The predicted octanol–water partition coefficient (Wildman–Crippen LogP) is 2.72. The Bertz CT molecular complexity index is 541. The molecule has 0 bridgehead atoms. The molecule has 0 fully saturated rings. The van der Waals surface area contributed by atoms with Crippen molar-refractivity contribution >= 4 is 17.0 Å². The van der Waals surface area contributed by atoms with Crippen molar-refractivity contribution in [3.63, 3.8) is 0 Å². The van der Waals surface area contributed by atoms with Crippen LogP contribution in [0, 0.1) is 17.0 Å². The summed E-state index contributed by atoms with van der Waals surface area (Å²) in [6.07, 6.45) is 4.21. The van der Waals surface area contributed by atoms with Crippen LogP contribution in [0.15, 0.2) is 30.6 Å². The van der Waals surface area contributed by atoms with Crippen molar-refractivity contribution in [2.75, 3.05) is 0 Å². The van der Waals surface area contributed by atoms with Crippen LogP contribution in [0.5, 0.6) is 0 Å². The molecule has 2 rings (SSSR count). The van der Waals surface area contributed by atoms with E-state index in [1.165, 1.54) is 6.08 Å². The van der Waals surface area contributed by atoms with Crippen molar-refractivity contribution in [1.82, 2.24) is 4.98 Å². The number of hydrogen-bond donors (Lipinski definition) is 1. The number of aryl methyl sites for hydroxylation is 1. The van der Waals surface area contributed by atoms with Gasteiger partial charge in [-0.2, -0.15) is 0 Å². The highest BCUT2D eigenvalue weighted by Crippen LogP contribution is 2.20. The van der Waals surface area contributed by atoms with Gasteiger partial charge in [0.15, 0.2) is 0 Å². The number of benzene rings is 1. The van der Waals surface area contributed by atoms with Crippen molar-refractivity contribution in [2.45, 2.75) is 6.92 Å². The van der Waals surface area contributed by atoms with E-state index < -0.39 is 4.92 Å². The van der Waals surface area contributed by atoms with Gasteiger partial charge in [0.2, 0.25) is 6.20 Å². The van der Waals surface area contributed by atoms with Crippen molar-refractivity contribution in [1.29, 1.82) is 0 Å². The Morgan fingerprint density at radius 3 is 3.00 bits per heavy atom. The summed E-state index contributed by atoms with van der Waals surface area (Å²) in [6.45, 7) is 2.01. The van der Waals surface area contributed by atoms with E-state index >= 15 is 0 Å². The third kappa shape index (κ3) is 1.88. The molecule has 0 aliphatic heterocycles. The topological polar surface area (TPSA) is 58.9 Å². The smallest absolute Gasteiger partial charge is 0.235 e. The molecule has 76 valence electrons. The van der Waals surface area contributed by atoms with Crippen LogP contribution in [0.1, 0.15) is 11.1 Å².